The second kappa shape index (κ2) is 5.70. The Morgan fingerprint density at radius 1 is 1.38 bits per heavy atom. The molecule has 84 valence electrons. The van der Waals surface area contributed by atoms with Gasteiger partial charge in [0.25, 0.3) is 0 Å². The first-order valence-corrected chi connectivity index (χ1v) is 7.24. The molecule has 16 heavy (non-hydrogen) atoms. The molecule has 1 aromatic carbocycles. The maximum atomic E-state index is 5.11. The molecule has 0 aliphatic carbocycles. The van der Waals surface area contributed by atoms with Gasteiger partial charge in [-0.3, -0.25) is 0 Å². The number of methoxy groups -OCH3 is 1. The minimum atomic E-state index is 0.894. The van der Waals surface area contributed by atoms with Crippen molar-refractivity contribution < 1.29 is 4.74 Å². The summed E-state index contributed by atoms with van der Waals surface area (Å²) in [6, 6.07) is 8.12. The fraction of sp³-hybridized carbons (Fsp3) is 0.182. The molecule has 0 spiro atoms. The number of nitrogens with zero attached hydrogens (tertiary/aromatic N) is 1. The van der Waals surface area contributed by atoms with Crippen LogP contribution in [-0.4, -0.2) is 12.1 Å². The summed E-state index contributed by atoms with van der Waals surface area (Å²) in [5.74, 6) is 1.83. The van der Waals surface area contributed by atoms with E-state index in [1.54, 1.807) is 30.2 Å². The van der Waals surface area contributed by atoms with Crippen molar-refractivity contribution in [3.8, 4) is 5.75 Å². The molecule has 0 unspecified atom stereocenters. The molecule has 0 amide bonds. The molecule has 0 fully saturated rings. The Kier molecular flexibility index (Phi) is 4.26. The van der Waals surface area contributed by atoms with Crippen LogP contribution in [0.1, 0.15) is 5.56 Å². The van der Waals surface area contributed by atoms with Gasteiger partial charge >= 0.3 is 0 Å². The molecule has 0 atom stereocenters. The van der Waals surface area contributed by atoms with Crippen LogP contribution in [0.25, 0.3) is 0 Å². The molecule has 2 nitrogen and oxygen atoms in total. The van der Waals surface area contributed by atoms with Crippen LogP contribution in [0.2, 0.25) is 0 Å². The van der Waals surface area contributed by atoms with Crippen LogP contribution in [0.5, 0.6) is 5.75 Å². The Morgan fingerprint density at radius 3 is 2.69 bits per heavy atom. The predicted molar refractivity (Wildman–Crippen MR) is 72.4 cm³/mol. The smallest absolute Gasteiger partial charge is 0.151 e. The van der Waals surface area contributed by atoms with Crippen LogP contribution in [0.4, 0.5) is 0 Å². The number of hydrogen-bond donors (Lipinski definition) is 0. The lowest BCUT2D eigenvalue weighted by Crippen LogP contribution is -1.84. The normalized spacial score (nSPS) is 10.4. The highest BCUT2D eigenvalue weighted by molar-refractivity contribution is 9.11. The second-order valence-electron chi connectivity index (χ2n) is 3.07. The van der Waals surface area contributed by atoms with Crippen molar-refractivity contribution >= 4 is 39.0 Å². The van der Waals surface area contributed by atoms with Crippen molar-refractivity contribution in [2.45, 2.75) is 10.1 Å². The quantitative estimate of drug-likeness (QED) is 0.789. The molecule has 0 bridgehead atoms. The summed E-state index contributed by atoms with van der Waals surface area (Å²) in [6.45, 7) is 0. The molecule has 2 aromatic rings. The highest BCUT2D eigenvalue weighted by atomic mass is 79.9. The second-order valence-corrected chi connectivity index (χ2v) is 6.70. The highest BCUT2D eigenvalue weighted by Crippen LogP contribution is 2.30. The average Bonchev–Trinajstić information content (AvgIpc) is 2.73. The summed E-state index contributed by atoms with van der Waals surface area (Å²) >= 11 is 6.81. The van der Waals surface area contributed by atoms with Crippen LogP contribution < -0.4 is 4.74 Å². The van der Waals surface area contributed by atoms with E-state index in [2.05, 4.69) is 33.0 Å². The van der Waals surface area contributed by atoms with Crippen molar-refractivity contribution in [1.29, 1.82) is 0 Å². The summed E-state index contributed by atoms with van der Waals surface area (Å²) in [6.07, 6.45) is 1.83. The molecule has 2 rings (SSSR count). The van der Waals surface area contributed by atoms with Gasteiger partial charge in [-0.05, 0) is 33.6 Å². The van der Waals surface area contributed by atoms with Crippen LogP contribution in [0.3, 0.4) is 0 Å². The molecule has 0 aliphatic rings. The standard InChI is InChI=1S/C11H10BrNOS2/c1-14-9-4-2-8(3-5-9)7-15-11-13-6-10(12)16-11/h2-6H,7H2,1H3. The third kappa shape index (κ3) is 3.23. The number of rotatable bonds is 4. The summed E-state index contributed by atoms with van der Waals surface area (Å²) in [4.78, 5) is 4.27. The van der Waals surface area contributed by atoms with Crippen molar-refractivity contribution in [1.82, 2.24) is 4.98 Å². The lowest BCUT2D eigenvalue weighted by molar-refractivity contribution is 0.414. The van der Waals surface area contributed by atoms with Crippen LogP contribution in [0.15, 0.2) is 38.6 Å². The summed E-state index contributed by atoms with van der Waals surface area (Å²) in [7, 11) is 1.68. The van der Waals surface area contributed by atoms with Crippen LogP contribution >= 0.6 is 39.0 Å². The average molecular weight is 316 g/mol. The Balaban J connectivity index is 1.94. The van der Waals surface area contributed by atoms with E-state index < -0.39 is 0 Å². The van der Waals surface area contributed by atoms with E-state index in [0.717, 1.165) is 19.6 Å². The van der Waals surface area contributed by atoms with Crippen molar-refractivity contribution in [3.05, 3.63) is 39.8 Å². The zero-order chi connectivity index (χ0) is 11.4. The number of halogens is 1. The van der Waals surface area contributed by atoms with E-state index in [1.807, 2.05) is 18.3 Å². The number of hydrogen-bond acceptors (Lipinski definition) is 4. The van der Waals surface area contributed by atoms with Gasteiger partial charge in [0, 0.05) is 5.75 Å². The van der Waals surface area contributed by atoms with Gasteiger partial charge < -0.3 is 4.74 Å². The van der Waals surface area contributed by atoms with E-state index in [4.69, 9.17) is 4.74 Å². The minimum absolute atomic E-state index is 0.894. The molecular weight excluding hydrogens is 306 g/mol. The third-order valence-electron chi connectivity index (χ3n) is 1.98. The van der Waals surface area contributed by atoms with E-state index in [9.17, 15) is 0 Å². The van der Waals surface area contributed by atoms with Crippen molar-refractivity contribution in [2.24, 2.45) is 0 Å². The van der Waals surface area contributed by atoms with E-state index in [0.29, 0.717) is 0 Å². The Bertz CT molecular complexity index is 455. The number of thiazole rings is 1. The first-order valence-electron chi connectivity index (χ1n) is 4.65. The fourth-order valence-corrected chi connectivity index (χ4v) is 3.73. The monoisotopic (exact) mass is 315 g/mol. The molecular formula is C11H10BrNOS2. The maximum Gasteiger partial charge on any atom is 0.151 e. The largest absolute Gasteiger partial charge is 0.497 e. The number of thioether (sulfide) groups is 1. The van der Waals surface area contributed by atoms with E-state index in [-0.39, 0.29) is 0 Å². The first kappa shape index (κ1) is 12.0. The Hall–Kier alpha value is -0.520. The van der Waals surface area contributed by atoms with Crippen molar-refractivity contribution in [2.75, 3.05) is 7.11 Å². The van der Waals surface area contributed by atoms with Gasteiger partial charge in [0.1, 0.15) is 5.75 Å². The Labute approximate surface area is 111 Å². The maximum absolute atomic E-state index is 5.11. The third-order valence-corrected chi connectivity index (χ3v) is 4.68. The molecule has 0 saturated carbocycles. The van der Waals surface area contributed by atoms with E-state index >= 15 is 0 Å². The lowest BCUT2D eigenvalue weighted by Gasteiger charge is -2.01. The zero-order valence-electron chi connectivity index (χ0n) is 8.64. The SMILES string of the molecule is COc1ccc(CSc2ncc(Br)s2)cc1. The van der Waals surface area contributed by atoms with Gasteiger partial charge in [-0.1, -0.05) is 23.9 Å². The molecule has 5 heteroatoms. The lowest BCUT2D eigenvalue weighted by atomic mass is 10.2. The summed E-state index contributed by atoms with van der Waals surface area (Å²) < 4.78 is 7.27. The number of aromatic nitrogens is 1. The summed E-state index contributed by atoms with van der Waals surface area (Å²) in [5.41, 5.74) is 1.28. The van der Waals surface area contributed by atoms with Gasteiger partial charge in [0.2, 0.25) is 0 Å². The number of benzene rings is 1. The van der Waals surface area contributed by atoms with E-state index in [1.165, 1.54) is 5.56 Å². The first-order chi connectivity index (χ1) is 7.78. The van der Waals surface area contributed by atoms with Crippen LogP contribution in [0, 0.1) is 0 Å². The van der Waals surface area contributed by atoms with Gasteiger partial charge in [-0.15, -0.1) is 11.3 Å². The van der Waals surface area contributed by atoms with Gasteiger partial charge in [0.05, 0.1) is 17.1 Å². The van der Waals surface area contributed by atoms with Crippen molar-refractivity contribution in [3.63, 3.8) is 0 Å². The molecule has 1 heterocycles. The molecule has 0 aliphatic heterocycles. The van der Waals surface area contributed by atoms with Crippen LogP contribution in [-0.2, 0) is 5.75 Å². The molecule has 0 N–H and O–H groups in total. The molecule has 0 saturated heterocycles. The topological polar surface area (TPSA) is 22.1 Å². The highest BCUT2D eigenvalue weighted by Gasteiger charge is 2.01. The van der Waals surface area contributed by atoms with Gasteiger partial charge in [-0.2, -0.15) is 0 Å². The zero-order valence-corrected chi connectivity index (χ0v) is 11.9. The number of ether oxygens (including phenoxy) is 1. The molecule has 0 radical (unpaired) electrons. The molecule has 1 aromatic heterocycles. The van der Waals surface area contributed by atoms with Gasteiger partial charge in [-0.25, -0.2) is 4.98 Å². The fourth-order valence-electron chi connectivity index (χ4n) is 1.17. The Morgan fingerprint density at radius 2 is 2.12 bits per heavy atom. The summed E-state index contributed by atoms with van der Waals surface area (Å²) in [5, 5.41) is 0. The predicted octanol–water partition coefficient (Wildman–Crippen LogP) is 4.21. The minimum Gasteiger partial charge on any atom is -0.497 e. The van der Waals surface area contributed by atoms with Gasteiger partial charge in [0.15, 0.2) is 4.34 Å².